The largest absolute Gasteiger partial charge is 0.364 e. The van der Waals surface area contributed by atoms with Gasteiger partial charge in [0.1, 0.15) is 11.6 Å². The van der Waals surface area contributed by atoms with Crippen LogP contribution in [0.15, 0.2) is 42.5 Å². The lowest BCUT2D eigenvalue weighted by Gasteiger charge is -2.02. The summed E-state index contributed by atoms with van der Waals surface area (Å²) in [6.45, 7) is 1.90. The monoisotopic (exact) mass is 431 g/mol. The Morgan fingerprint density at radius 1 is 1.10 bits per heavy atom. The van der Waals surface area contributed by atoms with E-state index in [1.165, 1.54) is 28.7 Å². The summed E-state index contributed by atoms with van der Waals surface area (Å²) in [5.74, 6) is -2.21. The molecule has 4 rings (SSSR count). The second-order valence-corrected chi connectivity index (χ2v) is 8.49. The quantitative estimate of drug-likeness (QED) is 0.458. The van der Waals surface area contributed by atoms with Crippen molar-refractivity contribution in [3.8, 4) is 11.3 Å². The fourth-order valence-electron chi connectivity index (χ4n) is 2.73. The lowest BCUT2D eigenvalue weighted by molar-refractivity contribution is -0.121. The highest BCUT2D eigenvalue weighted by atomic mass is 32.1. The molecule has 2 aromatic carbocycles. The Hall–Kier alpha value is -2.75. The summed E-state index contributed by atoms with van der Waals surface area (Å²) >= 11 is 2.78. The number of para-hydroxylation sites is 1. The summed E-state index contributed by atoms with van der Waals surface area (Å²) in [5, 5.41) is 3.84. The molecule has 0 saturated heterocycles. The van der Waals surface area contributed by atoms with Crippen LogP contribution in [0, 0.1) is 18.6 Å². The van der Waals surface area contributed by atoms with E-state index in [1.54, 1.807) is 6.92 Å². The number of hydrogen-bond donors (Lipinski definition) is 1. The minimum Gasteiger partial charge on any atom is -0.364 e. The molecule has 148 valence electrons. The summed E-state index contributed by atoms with van der Waals surface area (Å²) < 4.78 is 33.1. The summed E-state index contributed by atoms with van der Waals surface area (Å²) in [7, 11) is 0. The van der Waals surface area contributed by atoms with Crippen LogP contribution in [-0.4, -0.2) is 22.5 Å². The first kappa shape index (κ1) is 19.6. The van der Waals surface area contributed by atoms with E-state index in [4.69, 9.17) is 4.74 Å². The van der Waals surface area contributed by atoms with Gasteiger partial charge in [0.15, 0.2) is 16.8 Å². The van der Waals surface area contributed by atoms with Crippen LogP contribution in [0.1, 0.15) is 9.88 Å². The second-order valence-electron chi connectivity index (χ2n) is 6.17. The van der Waals surface area contributed by atoms with Crippen LogP contribution in [0.2, 0.25) is 0 Å². The molecule has 5 nitrogen and oxygen atoms in total. The highest BCUT2D eigenvalue weighted by Crippen LogP contribution is 2.31. The van der Waals surface area contributed by atoms with Crippen molar-refractivity contribution >= 4 is 43.9 Å². The number of amides is 1. The summed E-state index contributed by atoms with van der Waals surface area (Å²) in [6, 6.07) is 11.4. The van der Waals surface area contributed by atoms with Crippen LogP contribution in [0.5, 0.6) is 0 Å². The molecule has 2 aromatic heterocycles. The van der Waals surface area contributed by atoms with Gasteiger partial charge in [-0.2, -0.15) is 0 Å². The van der Waals surface area contributed by atoms with Crippen LogP contribution in [0.4, 0.5) is 13.9 Å². The molecule has 1 N–H and O–H groups in total. The zero-order valence-electron chi connectivity index (χ0n) is 15.2. The molecule has 9 heteroatoms. The van der Waals surface area contributed by atoms with E-state index in [0.29, 0.717) is 16.4 Å². The van der Waals surface area contributed by atoms with E-state index >= 15 is 0 Å². The second kappa shape index (κ2) is 8.32. The van der Waals surface area contributed by atoms with E-state index in [2.05, 4.69) is 15.3 Å². The molecule has 0 spiro atoms. The van der Waals surface area contributed by atoms with Gasteiger partial charge < -0.3 is 4.74 Å². The number of benzene rings is 2. The van der Waals surface area contributed by atoms with Crippen molar-refractivity contribution in [3.63, 3.8) is 0 Å². The molecule has 0 aliphatic heterocycles. The molecule has 0 bridgehead atoms. The highest BCUT2D eigenvalue weighted by molar-refractivity contribution is 7.18. The maximum Gasteiger partial charge on any atom is 0.252 e. The average molecular weight is 431 g/mol. The van der Waals surface area contributed by atoms with Crippen LogP contribution in [0.25, 0.3) is 21.5 Å². The van der Waals surface area contributed by atoms with Gasteiger partial charge in [0.2, 0.25) is 0 Å². The third-order valence-corrected chi connectivity index (χ3v) is 5.93. The first-order chi connectivity index (χ1) is 14.0. The predicted molar refractivity (Wildman–Crippen MR) is 110 cm³/mol. The number of hydrogen-bond acceptors (Lipinski definition) is 6. The topological polar surface area (TPSA) is 64.1 Å². The van der Waals surface area contributed by atoms with Gasteiger partial charge in [-0.3, -0.25) is 10.1 Å². The molecular weight excluding hydrogens is 416 g/mol. The van der Waals surface area contributed by atoms with E-state index in [9.17, 15) is 13.6 Å². The van der Waals surface area contributed by atoms with Gasteiger partial charge in [0.05, 0.1) is 22.5 Å². The number of aryl methyl sites for hydroxylation is 1. The number of ether oxygens (including phenoxy) is 1. The summed E-state index contributed by atoms with van der Waals surface area (Å²) in [4.78, 5) is 21.7. The fourth-order valence-corrected chi connectivity index (χ4v) is 4.49. The summed E-state index contributed by atoms with van der Waals surface area (Å²) in [6.07, 6.45) is 0. The third kappa shape index (κ3) is 4.47. The number of nitrogens with zero attached hydrogens (tertiary/aromatic N) is 2. The van der Waals surface area contributed by atoms with Gasteiger partial charge in [-0.1, -0.05) is 12.1 Å². The number of carbonyl (C=O) groups excluding carboxylic acids is 1. The number of anilines is 1. The molecule has 0 unspecified atom stereocenters. The van der Waals surface area contributed by atoms with Crippen molar-refractivity contribution < 1.29 is 18.3 Å². The van der Waals surface area contributed by atoms with Crippen molar-refractivity contribution in [1.29, 1.82) is 0 Å². The number of halogens is 2. The Bertz CT molecular complexity index is 1160. The van der Waals surface area contributed by atoms with Crippen LogP contribution in [0.3, 0.4) is 0 Å². The van der Waals surface area contributed by atoms with E-state index in [1.807, 2.05) is 24.3 Å². The van der Waals surface area contributed by atoms with Crippen molar-refractivity contribution in [2.45, 2.75) is 13.5 Å². The van der Waals surface area contributed by atoms with Gasteiger partial charge in [-0.25, -0.2) is 18.7 Å². The molecule has 29 heavy (non-hydrogen) atoms. The van der Waals surface area contributed by atoms with Gasteiger partial charge in [-0.05, 0) is 37.3 Å². The zero-order chi connectivity index (χ0) is 20.4. The Morgan fingerprint density at radius 3 is 2.72 bits per heavy atom. The standard InChI is InChI=1S/C20H15F2N3O2S2/c1-11-19(12-6-7-13(21)14(22)8-12)25-20(28-11)24-17(26)9-27-10-18-23-15-4-2-3-5-16(15)29-18/h2-8H,9-10H2,1H3,(H,24,25,26). The molecule has 0 aliphatic rings. The zero-order valence-corrected chi connectivity index (χ0v) is 16.9. The molecule has 0 atom stereocenters. The van der Waals surface area contributed by atoms with Crippen LogP contribution in [-0.2, 0) is 16.1 Å². The minimum absolute atomic E-state index is 0.144. The summed E-state index contributed by atoms with van der Waals surface area (Å²) in [5.41, 5.74) is 1.86. The van der Waals surface area contributed by atoms with E-state index in [-0.39, 0.29) is 19.1 Å². The Morgan fingerprint density at radius 2 is 1.93 bits per heavy atom. The first-order valence-electron chi connectivity index (χ1n) is 8.64. The molecule has 0 aliphatic carbocycles. The first-order valence-corrected chi connectivity index (χ1v) is 10.3. The molecule has 1 amide bonds. The number of aromatic nitrogens is 2. The minimum atomic E-state index is -0.941. The third-order valence-electron chi connectivity index (χ3n) is 4.03. The molecule has 0 radical (unpaired) electrons. The lowest BCUT2D eigenvalue weighted by atomic mass is 10.1. The van der Waals surface area contributed by atoms with E-state index < -0.39 is 11.6 Å². The SMILES string of the molecule is Cc1sc(NC(=O)COCc2nc3ccccc3s2)nc1-c1ccc(F)c(F)c1. The maximum atomic E-state index is 13.5. The average Bonchev–Trinajstić information content (AvgIpc) is 3.26. The van der Waals surface area contributed by atoms with Gasteiger partial charge >= 0.3 is 0 Å². The maximum absolute atomic E-state index is 13.5. The highest BCUT2D eigenvalue weighted by Gasteiger charge is 2.14. The van der Waals surface area contributed by atoms with Gasteiger partial charge in [0, 0.05) is 10.4 Å². The van der Waals surface area contributed by atoms with Crippen LogP contribution >= 0.6 is 22.7 Å². The Kier molecular flexibility index (Phi) is 5.61. The molecule has 0 saturated carbocycles. The number of fused-ring (bicyclic) bond motifs is 1. The van der Waals surface area contributed by atoms with Crippen molar-refractivity contribution in [3.05, 3.63) is 64.0 Å². The number of carbonyl (C=O) groups is 1. The van der Waals surface area contributed by atoms with Crippen molar-refractivity contribution in [1.82, 2.24) is 9.97 Å². The smallest absolute Gasteiger partial charge is 0.252 e. The molecule has 4 aromatic rings. The van der Waals surface area contributed by atoms with Crippen molar-refractivity contribution in [2.24, 2.45) is 0 Å². The van der Waals surface area contributed by atoms with Gasteiger partial charge in [-0.15, -0.1) is 22.7 Å². The Labute approximate surface area is 173 Å². The predicted octanol–water partition coefficient (Wildman–Crippen LogP) is 5.16. The van der Waals surface area contributed by atoms with Crippen molar-refractivity contribution in [2.75, 3.05) is 11.9 Å². The Balaban J connectivity index is 1.35. The van der Waals surface area contributed by atoms with Crippen LogP contribution < -0.4 is 5.32 Å². The van der Waals surface area contributed by atoms with E-state index in [0.717, 1.165) is 32.2 Å². The fraction of sp³-hybridized carbons (Fsp3) is 0.150. The molecule has 0 fully saturated rings. The molecule has 2 heterocycles. The number of rotatable bonds is 6. The molecular formula is C20H15F2N3O2S2. The number of thiazole rings is 2. The van der Waals surface area contributed by atoms with Gasteiger partial charge in [0.25, 0.3) is 5.91 Å². The normalized spacial score (nSPS) is 11.1. The number of nitrogens with one attached hydrogen (secondary N) is 1. The lowest BCUT2D eigenvalue weighted by Crippen LogP contribution is -2.18.